The standard InChI is InChI=1S/C16H12INOS/c17-14-8-6-13(7-9-14)16-18-15(10-19-16)20-11-12-4-2-1-3-5-12/h1-10H,11H2. The number of rotatable bonds is 4. The topological polar surface area (TPSA) is 26.0 Å². The van der Waals surface area contributed by atoms with Crippen molar-refractivity contribution in [2.24, 2.45) is 0 Å². The average Bonchev–Trinajstić information content (AvgIpc) is 2.96. The van der Waals surface area contributed by atoms with Gasteiger partial charge in [0.15, 0.2) is 0 Å². The van der Waals surface area contributed by atoms with Crippen LogP contribution in [0.3, 0.4) is 0 Å². The van der Waals surface area contributed by atoms with Crippen LogP contribution in [-0.2, 0) is 5.75 Å². The Morgan fingerprint density at radius 2 is 1.75 bits per heavy atom. The molecule has 0 fully saturated rings. The van der Waals surface area contributed by atoms with Gasteiger partial charge in [-0.05, 0) is 52.4 Å². The molecule has 0 amide bonds. The lowest BCUT2D eigenvalue weighted by molar-refractivity contribution is 0.571. The minimum atomic E-state index is 0.678. The van der Waals surface area contributed by atoms with E-state index in [4.69, 9.17) is 4.42 Å². The lowest BCUT2D eigenvalue weighted by Gasteiger charge is -1.97. The summed E-state index contributed by atoms with van der Waals surface area (Å²) in [6.07, 6.45) is 1.72. The summed E-state index contributed by atoms with van der Waals surface area (Å²) in [5.41, 5.74) is 2.30. The largest absolute Gasteiger partial charge is 0.443 e. The van der Waals surface area contributed by atoms with Crippen molar-refractivity contribution in [1.29, 1.82) is 0 Å². The maximum absolute atomic E-state index is 5.54. The van der Waals surface area contributed by atoms with Crippen LogP contribution in [0.5, 0.6) is 0 Å². The van der Waals surface area contributed by atoms with E-state index in [1.54, 1.807) is 18.0 Å². The second-order valence-corrected chi connectivity index (χ2v) is 6.51. The van der Waals surface area contributed by atoms with E-state index in [1.165, 1.54) is 9.13 Å². The van der Waals surface area contributed by atoms with Gasteiger partial charge in [-0.1, -0.05) is 42.1 Å². The zero-order valence-corrected chi connectivity index (χ0v) is 13.6. The lowest BCUT2D eigenvalue weighted by atomic mass is 10.2. The Balaban J connectivity index is 1.69. The van der Waals surface area contributed by atoms with E-state index < -0.39 is 0 Å². The van der Waals surface area contributed by atoms with Crippen LogP contribution in [0.4, 0.5) is 0 Å². The van der Waals surface area contributed by atoms with Gasteiger partial charge in [0.2, 0.25) is 5.89 Å². The molecule has 1 heterocycles. The maximum Gasteiger partial charge on any atom is 0.227 e. The molecule has 1 aromatic heterocycles. The molecule has 0 aliphatic heterocycles. The second-order valence-electron chi connectivity index (χ2n) is 4.27. The molecule has 0 saturated carbocycles. The maximum atomic E-state index is 5.54. The summed E-state index contributed by atoms with van der Waals surface area (Å²) in [5, 5.41) is 0.919. The Morgan fingerprint density at radius 3 is 2.50 bits per heavy atom. The predicted molar refractivity (Wildman–Crippen MR) is 90.7 cm³/mol. The summed E-state index contributed by atoms with van der Waals surface area (Å²) in [4.78, 5) is 4.52. The molecule has 0 unspecified atom stereocenters. The number of hydrogen-bond acceptors (Lipinski definition) is 3. The van der Waals surface area contributed by atoms with Gasteiger partial charge in [-0.2, -0.15) is 0 Å². The van der Waals surface area contributed by atoms with Crippen molar-refractivity contribution < 1.29 is 4.42 Å². The van der Waals surface area contributed by atoms with Gasteiger partial charge in [-0.3, -0.25) is 0 Å². The molecular weight excluding hydrogens is 381 g/mol. The highest BCUT2D eigenvalue weighted by molar-refractivity contribution is 14.1. The van der Waals surface area contributed by atoms with Crippen molar-refractivity contribution in [2.45, 2.75) is 10.8 Å². The molecule has 0 bridgehead atoms. The third kappa shape index (κ3) is 3.43. The Hall–Kier alpha value is -1.27. The van der Waals surface area contributed by atoms with Gasteiger partial charge in [0, 0.05) is 14.9 Å². The molecule has 0 spiro atoms. The molecule has 2 nitrogen and oxygen atoms in total. The molecular formula is C16H12INOS. The van der Waals surface area contributed by atoms with Gasteiger partial charge in [0.25, 0.3) is 0 Å². The molecule has 2 aromatic carbocycles. The minimum absolute atomic E-state index is 0.678. The van der Waals surface area contributed by atoms with Gasteiger partial charge < -0.3 is 4.42 Å². The molecule has 20 heavy (non-hydrogen) atoms. The first kappa shape index (κ1) is 13.7. The average molecular weight is 393 g/mol. The Morgan fingerprint density at radius 1 is 1.00 bits per heavy atom. The predicted octanol–water partition coefficient (Wildman–Crippen LogP) is 5.24. The monoisotopic (exact) mass is 393 g/mol. The fraction of sp³-hybridized carbons (Fsp3) is 0.0625. The first-order chi connectivity index (χ1) is 9.81. The SMILES string of the molecule is Ic1ccc(-c2nc(SCc3ccccc3)co2)cc1. The first-order valence-electron chi connectivity index (χ1n) is 6.19. The fourth-order valence-corrected chi connectivity index (χ4v) is 2.91. The Kier molecular flexibility index (Phi) is 4.42. The zero-order chi connectivity index (χ0) is 13.8. The van der Waals surface area contributed by atoms with Crippen molar-refractivity contribution in [3.8, 4) is 11.5 Å². The third-order valence-corrected chi connectivity index (χ3v) is 4.48. The molecule has 3 rings (SSSR count). The van der Waals surface area contributed by atoms with E-state index in [0.29, 0.717) is 5.89 Å². The molecule has 0 N–H and O–H groups in total. The summed E-state index contributed by atoms with van der Waals surface area (Å²) in [6, 6.07) is 18.5. The van der Waals surface area contributed by atoms with E-state index in [-0.39, 0.29) is 0 Å². The summed E-state index contributed by atoms with van der Waals surface area (Å²) in [5.74, 6) is 1.58. The first-order valence-corrected chi connectivity index (χ1v) is 8.26. The van der Waals surface area contributed by atoms with Crippen LogP contribution in [0.1, 0.15) is 5.56 Å². The summed E-state index contributed by atoms with van der Waals surface area (Å²) in [6.45, 7) is 0. The number of thioether (sulfide) groups is 1. The number of benzene rings is 2. The summed E-state index contributed by atoms with van der Waals surface area (Å²) < 4.78 is 6.75. The molecule has 0 saturated heterocycles. The van der Waals surface area contributed by atoms with E-state index in [2.05, 4.69) is 64.0 Å². The van der Waals surface area contributed by atoms with E-state index in [9.17, 15) is 0 Å². The molecule has 3 aromatic rings. The second kappa shape index (κ2) is 6.45. The van der Waals surface area contributed by atoms with Gasteiger partial charge >= 0.3 is 0 Å². The number of oxazole rings is 1. The molecule has 100 valence electrons. The van der Waals surface area contributed by atoms with Crippen molar-refractivity contribution in [2.75, 3.05) is 0 Å². The summed E-state index contributed by atoms with van der Waals surface area (Å²) >= 11 is 3.97. The van der Waals surface area contributed by atoms with Crippen LogP contribution in [0.25, 0.3) is 11.5 Å². The van der Waals surface area contributed by atoms with Crippen molar-refractivity contribution >= 4 is 34.4 Å². The number of hydrogen-bond donors (Lipinski definition) is 0. The highest BCUT2D eigenvalue weighted by atomic mass is 127. The normalized spacial score (nSPS) is 10.7. The van der Waals surface area contributed by atoms with Crippen LogP contribution >= 0.6 is 34.4 Å². The smallest absolute Gasteiger partial charge is 0.227 e. The minimum Gasteiger partial charge on any atom is -0.443 e. The van der Waals surface area contributed by atoms with Crippen LogP contribution in [-0.4, -0.2) is 4.98 Å². The van der Waals surface area contributed by atoms with Crippen molar-refractivity contribution in [1.82, 2.24) is 4.98 Å². The van der Waals surface area contributed by atoms with Crippen LogP contribution < -0.4 is 0 Å². The quantitative estimate of drug-likeness (QED) is 0.448. The van der Waals surface area contributed by atoms with E-state index in [1.807, 2.05) is 18.2 Å². The molecule has 0 aliphatic rings. The molecule has 0 radical (unpaired) electrons. The molecule has 0 atom stereocenters. The van der Waals surface area contributed by atoms with Gasteiger partial charge in [0.05, 0.1) is 0 Å². The number of aromatic nitrogens is 1. The highest BCUT2D eigenvalue weighted by Gasteiger charge is 2.07. The Labute approximate surface area is 135 Å². The van der Waals surface area contributed by atoms with Gasteiger partial charge in [-0.25, -0.2) is 4.98 Å². The summed E-state index contributed by atoms with van der Waals surface area (Å²) in [7, 11) is 0. The van der Waals surface area contributed by atoms with Crippen LogP contribution in [0.2, 0.25) is 0 Å². The van der Waals surface area contributed by atoms with Crippen LogP contribution in [0, 0.1) is 3.57 Å². The van der Waals surface area contributed by atoms with Gasteiger partial charge in [-0.15, -0.1) is 0 Å². The van der Waals surface area contributed by atoms with E-state index in [0.717, 1.165) is 16.3 Å². The van der Waals surface area contributed by atoms with E-state index >= 15 is 0 Å². The van der Waals surface area contributed by atoms with Crippen LogP contribution in [0.15, 0.2) is 70.3 Å². The molecule has 4 heteroatoms. The molecule has 0 aliphatic carbocycles. The third-order valence-electron chi connectivity index (χ3n) is 2.80. The lowest BCUT2D eigenvalue weighted by Crippen LogP contribution is -1.81. The zero-order valence-electron chi connectivity index (χ0n) is 10.6. The van der Waals surface area contributed by atoms with Gasteiger partial charge in [0.1, 0.15) is 11.3 Å². The fourth-order valence-electron chi connectivity index (χ4n) is 1.78. The number of nitrogens with zero attached hydrogens (tertiary/aromatic N) is 1. The highest BCUT2D eigenvalue weighted by Crippen LogP contribution is 2.26. The Bertz CT molecular complexity index is 679. The van der Waals surface area contributed by atoms with Crippen molar-refractivity contribution in [3.63, 3.8) is 0 Å². The number of halogens is 1. The van der Waals surface area contributed by atoms with Crippen molar-refractivity contribution in [3.05, 3.63) is 70.0 Å².